The summed E-state index contributed by atoms with van der Waals surface area (Å²) in [5, 5.41) is 17.6. The third kappa shape index (κ3) is 3.03. The number of aryl methyl sites for hydroxylation is 1. The van der Waals surface area contributed by atoms with Crippen molar-refractivity contribution in [2.45, 2.75) is 51.6 Å². The number of benzene rings is 1. The first-order valence-electron chi connectivity index (χ1n) is 9.61. The SMILES string of the molecule is Cc1ccc(-c2cc(C(=O)NC3(C#N)CCC3)c3cnn(C(C)C)c3n2)cc1. The van der Waals surface area contributed by atoms with Crippen LogP contribution in [0.4, 0.5) is 0 Å². The number of pyridine rings is 1. The van der Waals surface area contributed by atoms with Crippen molar-refractivity contribution in [3.8, 4) is 17.3 Å². The fraction of sp³-hybridized carbons (Fsp3) is 0.364. The van der Waals surface area contributed by atoms with Crippen LogP contribution in [0.3, 0.4) is 0 Å². The molecule has 1 amide bonds. The maximum Gasteiger partial charge on any atom is 0.253 e. The molecule has 0 spiro atoms. The number of aromatic nitrogens is 3. The molecule has 0 saturated heterocycles. The van der Waals surface area contributed by atoms with E-state index in [-0.39, 0.29) is 11.9 Å². The van der Waals surface area contributed by atoms with E-state index in [0.717, 1.165) is 23.2 Å². The Labute approximate surface area is 164 Å². The van der Waals surface area contributed by atoms with Gasteiger partial charge in [-0.05, 0) is 46.1 Å². The second kappa shape index (κ2) is 6.75. The van der Waals surface area contributed by atoms with Crippen LogP contribution < -0.4 is 5.32 Å². The van der Waals surface area contributed by atoms with Gasteiger partial charge in [0.25, 0.3) is 5.91 Å². The maximum absolute atomic E-state index is 13.1. The maximum atomic E-state index is 13.1. The summed E-state index contributed by atoms with van der Waals surface area (Å²) in [5.41, 5.74) is 3.27. The fourth-order valence-corrected chi connectivity index (χ4v) is 3.54. The highest BCUT2D eigenvalue weighted by atomic mass is 16.1. The highest BCUT2D eigenvalue weighted by Gasteiger charge is 2.39. The van der Waals surface area contributed by atoms with Gasteiger partial charge in [0.05, 0.1) is 28.9 Å². The molecule has 1 aliphatic carbocycles. The monoisotopic (exact) mass is 373 g/mol. The molecule has 28 heavy (non-hydrogen) atoms. The van der Waals surface area contributed by atoms with Crippen LogP contribution in [0.2, 0.25) is 0 Å². The van der Waals surface area contributed by atoms with E-state index in [1.54, 1.807) is 12.3 Å². The van der Waals surface area contributed by atoms with Crippen molar-refractivity contribution in [1.82, 2.24) is 20.1 Å². The topological polar surface area (TPSA) is 83.6 Å². The number of nitrogens with one attached hydrogen (secondary N) is 1. The first-order chi connectivity index (χ1) is 13.4. The molecule has 3 aromatic rings. The lowest BCUT2D eigenvalue weighted by Crippen LogP contribution is -2.52. The Balaban J connectivity index is 1.85. The molecule has 4 rings (SSSR count). The van der Waals surface area contributed by atoms with Crippen LogP contribution in [-0.4, -0.2) is 26.2 Å². The zero-order chi connectivity index (χ0) is 19.9. The van der Waals surface area contributed by atoms with Gasteiger partial charge in [0.15, 0.2) is 5.65 Å². The number of rotatable bonds is 4. The van der Waals surface area contributed by atoms with E-state index in [4.69, 9.17) is 4.98 Å². The number of fused-ring (bicyclic) bond motifs is 1. The molecule has 1 aromatic carbocycles. The quantitative estimate of drug-likeness (QED) is 0.744. The minimum atomic E-state index is -0.745. The van der Waals surface area contributed by atoms with E-state index in [9.17, 15) is 10.1 Å². The Hall–Kier alpha value is -3.20. The van der Waals surface area contributed by atoms with Crippen molar-refractivity contribution in [1.29, 1.82) is 5.26 Å². The molecule has 2 aromatic heterocycles. The van der Waals surface area contributed by atoms with Gasteiger partial charge in [-0.1, -0.05) is 29.8 Å². The van der Waals surface area contributed by atoms with Gasteiger partial charge in [0.1, 0.15) is 5.54 Å². The van der Waals surface area contributed by atoms with Crippen LogP contribution in [0.5, 0.6) is 0 Å². The Kier molecular flexibility index (Phi) is 4.38. The second-order valence-corrected chi connectivity index (χ2v) is 7.84. The molecule has 0 atom stereocenters. The van der Waals surface area contributed by atoms with E-state index >= 15 is 0 Å². The van der Waals surface area contributed by atoms with Crippen molar-refractivity contribution in [3.05, 3.63) is 47.7 Å². The molecule has 1 N–H and O–H groups in total. The average molecular weight is 373 g/mol. The molecular weight excluding hydrogens is 350 g/mol. The lowest BCUT2D eigenvalue weighted by molar-refractivity contribution is 0.0883. The highest BCUT2D eigenvalue weighted by Crippen LogP contribution is 2.32. The van der Waals surface area contributed by atoms with E-state index in [1.165, 1.54) is 0 Å². The Morgan fingerprint density at radius 3 is 2.57 bits per heavy atom. The van der Waals surface area contributed by atoms with E-state index in [1.807, 2.05) is 49.7 Å². The number of amides is 1. The Morgan fingerprint density at radius 2 is 2.00 bits per heavy atom. The number of nitrogens with zero attached hydrogens (tertiary/aromatic N) is 4. The van der Waals surface area contributed by atoms with E-state index in [0.29, 0.717) is 29.4 Å². The van der Waals surface area contributed by atoms with Crippen molar-refractivity contribution in [2.24, 2.45) is 0 Å². The lowest BCUT2D eigenvalue weighted by atomic mass is 9.78. The van der Waals surface area contributed by atoms with Gasteiger partial charge in [-0.15, -0.1) is 0 Å². The Morgan fingerprint density at radius 1 is 1.29 bits per heavy atom. The van der Waals surface area contributed by atoms with Crippen LogP contribution in [0.25, 0.3) is 22.3 Å². The van der Waals surface area contributed by atoms with Gasteiger partial charge in [-0.25, -0.2) is 9.67 Å². The van der Waals surface area contributed by atoms with Gasteiger partial charge in [0.2, 0.25) is 0 Å². The number of carbonyl (C=O) groups excluding carboxylic acids is 1. The largest absolute Gasteiger partial charge is 0.334 e. The van der Waals surface area contributed by atoms with Crippen LogP contribution in [0.15, 0.2) is 36.5 Å². The summed E-state index contributed by atoms with van der Waals surface area (Å²) in [7, 11) is 0. The zero-order valence-corrected chi connectivity index (χ0v) is 16.4. The van der Waals surface area contributed by atoms with Gasteiger partial charge in [-0.2, -0.15) is 10.4 Å². The van der Waals surface area contributed by atoms with Crippen molar-refractivity contribution in [2.75, 3.05) is 0 Å². The summed E-state index contributed by atoms with van der Waals surface area (Å²) in [5.74, 6) is -0.245. The van der Waals surface area contributed by atoms with E-state index in [2.05, 4.69) is 16.5 Å². The lowest BCUT2D eigenvalue weighted by Gasteiger charge is -2.35. The molecule has 1 saturated carbocycles. The predicted octanol–water partition coefficient (Wildman–Crippen LogP) is 4.16. The minimum Gasteiger partial charge on any atom is -0.334 e. The van der Waals surface area contributed by atoms with Crippen molar-refractivity contribution >= 4 is 16.9 Å². The van der Waals surface area contributed by atoms with Crippen LogP contribution in [0.1, 0.15) is 55.1 Å². The molecule has 0 aliphatic heterocycles. The van der Waals surface area contributed by atoms with Crippen LogP contribution in [-0.2, 0) is 0 Å². The zero-order valence-electron chi connectivity index (χ0n) is 16.4. The van der Waals surface area contributed by atoms with Crippen LogP contribution in [0, 0.1) is 18.3 Å². The summed E-state index contributed by atoms with van der Waals surface area (Å²) >= 11 is 0. The molecule has 2 heterocycles. The fourth-order valence-electron chi connectivity index (χ4n) is 3.54. The number of hydrogen-bond donors (Lipinski definition) is 1. The molecule has 0 radical (unpaired) electrons. The molecule has 0 unspecified atom stereocenters. The van der Waals surface area contributed by atoms with Crippen molar-refractivity contribution in [3.63, 3.8) is 0 Å². The third-order valence-corrected chi connectivity index (χ3v) is 5.42. The molecule has 1 aliphatic rings. The second-order valence-electron chi connectivity index (χ2n) is 7.84. The molecule has 1 fully saturated rings. The highest BCUT2D eigenvalue weighted by molar-refractivity contribution is 6.07. The molecule has 6 nitrogen and oxygen atoms in total. The normalized spacial score (nSPS) is 15.2. The molecule has 0 bridgehead atoms. The standard InChI is InChI=1S/C22H23N5O/c1-14(2)27-20-18(12-24-27)17(21(28)26-22(13-23)9-4-10-22)11-19(25-20)16-7-5-15(3)6-8-16/h5-8,11-12,14H,4,9-10H2,1-3H3,(H,26,28). The average Bonchev–Trinajstić information content (AvgIpc) is 3.08. The number of hydrogen-bond acceptors (Lipinski definition) is 4. The van der Waals surface area contributed by atoms with E-state index < -0.39 is 5.54 Å². The first-order valence-corrected chi connectivity index (χ1v) is 9.61. The van der Waals surface area contributed by atoms with Crippen molar-refractivity contribution < 1.29 is 4.79 Å². The predicted molar refractivity (Wildman–Crippen MR) is 108 cm³/mol. The summed E-state index contributed by atoms with van der Waals surface area (Å²) in [4.78, 5) is 17.9. The number of nitriles is 1. The summed E-state index contributed by atoms with van der Waals surface area (Å²) < 4.78 is 1.83. The van der Waals surface area contributed by atoms with Gasteiger partial charge in [-0.3, -0.25) is 4.79 Å². The minimum absolute atomic E-state index is 0.117. The first kappa shape index (κ1) is 18.2. The van der Waals surface area contributed by atoms with Gasteiger partial charge >= 0.3 is 0 Å². The smallest absolute Gasteiger partial charge is 0.253 e. The van der Waals surface area contributed by atoms with Crippen LogP contribution >= 0.6 is 0 Å². The van der Waals surface area contributed by atoms with Gasteiger partial charge in [0, 0.05) is 11.6 Å². The molecule has 6 heteroatoms. The Bertz CT molecular complexity index is 1080. The summed E-state index contributed by atoms with van der Waals surface area (Å²) in [6, 6.07) is 12.3. The number of carbonyl (C=O) groups is 1. The summed E-state index contributed by atoms with van der Waals surface area (Å²) in [6.07, 6.45) is 4.04. The molecular formula is C22H23N5O. The summed E-state index contributed by atoms with van der Waals surface area (Å²) in [6.45, 7) is 6.10. The van der Waals surface area contributed by atoms with Gasteiger partial charge < -0.3 is 5.32 Å². The molecule has 142 valence electrons. The third-order valence-electron chi connectivity index (χ3n) is 5.42.